The van der Waals surface area contributed by atoms with Crippen molar-refractivity contribution >= 4 is 15.9 Å². The molecule has 1 fully saturated rings. The summed E-state index contributed by atoms with van der Waals surface area (Å²) in [5.41, 5.74) is 2.30. The number of rotatable bonds is 5. The lowest BCUT2D eigenvalue weighted by Crippen LogP contribution is -2.36. The molecule has 0 unspecified atom stereocenters. The van der Waals surface area contributed by atoms with Crippen LogP contribution in [-0.2, 0) is 11.2 Å². The van der Waals surface area contributed by atoms with Crippen LogP contribution in [-0.4, -0.2) is 30.1 Å². The maximum Gasteiger partial charge on any atom is 0.140 e. The Kier molecular flexibility index (Phi) is 5.22. The van der Waals surface area contributed by atoms with Crippen LogP contribution in [0.1, 0.15) is 31.2 Å². The number of aromatic nitrogens is 1. The molecule has 3 nitrogen and oxygen atoms in total. The molecule has 0 N–H and O–H groups in total. The highest BCUT2D eigenvalue weighted by molar-refractivity contribution is 9.09. The number of hydrogen-bond acceptors (Lipinski definition) is 3. The van der Waals surface area contributed by atoms with Crippen molar-refractivity contribution in [1.82, 2.24) is 4.98 Å². The molecule has 2 rings (SSSR count). The molecule has 0 bridgehead atoms. The summed E-state index contributed by atoms with van der Waals surface area (Å²) in [4.78, 5) is 4.54. The van der Waals surface area contributed by atoms with E-state index < -0.39 is 0 Å². The summed E-state index contributed by atoms with van der Waals surface area (Å²) in [6, 6.07) is 4.06. The SMILES string of the molecule is CCc1nc(C)ccc1OCC1(CBr)CCOCC1. The van der Waals surface area contributed by atoms with Crippen molar-refractivity contribution in [2.24, 2.45) is 5.41 Å². The van der Waals surface area contributed by atoms with E-state index >= 15 is 0 Å². The molecule has 0 atom stereocenters. The first-order valence-electron chi connectivity index (χ1n) is 6.92. The number of halogens is 1. The maximum absolute atomic E-state index is 6.07. The van der Waals surface area contributed by atoms with Gasteiger partial charge in [0.2, 0.25) is 0 Å². The molecule has 19 heavy (non-hydrogen) atoms. The molecule has 0 spiro atoms. The largest absolute Gasteiger partial charge is 0.491 e. The van der Waals surface area contributed by atoms with Gasteiger partial charge in [-0.15, -0.1) is 0 Å². The van der Waals surface area contributed by atoms with E-state index in [2.05, 4.69) is 27.8 Å². The molecule has 2 heterocycles. The van der Waals surface area contributed by atoms with Gasteiger partial charge in [0, 0.05) is 29.7 Å². The molecule has 1 saturated heterocycles. The summed E-state index contributed by atoms with van der Waals surface area (Å²) >= 11 is 3.64. The van der Waals surface area contributed by atoms with E-state index in [1.54, 1.807) is 0 Å². The molecular weight excluding hydrogens is 306 g/mol. The van der Waals surface area contributed by atoms with E-state index in [1.165, 1.54) is 0 Å². The minimum atomic E-state index is 0.203. The fraction of sp³-hybridized carbons (Fsp3) is 0.667. The van der Waals surface area contributed by atoms with Crippen molar-refractivity contribution in [1.29, 1.82) is 0 Å². The fourth-order valence-electron chi connectivity index (χ4n) is 2.33. The first-order valence-corrected chi connectivity index (χ1v) is 8.04. The minimum absolute atomic E-state index is 0.203. The zero-order valence-electron chi connectivity index (χ0n) is 11.7. The highest BCUT2D eigenvalue weighted by atomic mass is 79.9. The average Bonchev–Trinajstić information content (AvgIpc) is 2.47. The van der Waals surface area contributed by atoms with E-state index in [0.717, 1.165) is 61.6 Å². The summed E-state index contributed by atoms with van der Waals surface area (Å²) in [6.45, 7) is 6.54. The number of hydrogen-bond donors (Lipinski definition) is 0. The number of alkyl halides is 1. The molecule has 0 saturated carbocycles. The highest BCUT2D eigenvalue weighted by Crippen LogP contribution is 2.33. The third-order valence-corrected chi connectivity index (χ3v) is 4.97. The number of aryl methyl sites for hydroxylation is 2. The van der Waals surface area contributed by atoms with Crippen molar-refractivity contribution in [3.05, 3.63) is 23.5 Å². The van der Waals surface area contributed by atoms with E-state index in [4.69, 9.17) is 9.47 Å². The smallest absolute Gasteiger partial charge is 0.140 e. The van der Waals surface area contributed by atoms with Crippen LogP contribution in [0.15, 0.2) is 12.1 Å². The van der Waals surface area contributed by atoms with Gasteiger partial charge in [-0.2, -0.15) is 0 Å². The topological polar surface area (TPSA) is 31.4 Å². The van der Waals surface area contributed by atoms with Crippen LogP contribution in [0, 0.1) is 12.3 Å². The second-order valence-electron chi connectivity index (χ2n) is 5.29. The molecule has 1 aromatic rings. The Morgan fingerprint density at radius 3 is 2.74 bits per heavy atom. The first kappa shape index (κ1) is 14.8. The normalized spacial score (nSPS) is 18.3. The molecule has 0 radical (unpaired) electrons. The lowest BCUT2D eigenvalue weighted by atomic mass is 9.83. The maximum atomic E-state index is 6.07. The van der Waals surface area contributed by atoms with E-state index in [-0.39, 0.29) is 5.41 Å². The van der Waals surface area contributed by atoms with Crippen molar-refractivity contribution in [2.75, 3.05) is 25.2 Å². The monoisotopic (exact) mass is 327 g/mol. The summed E-state index contributed by atoms with van der Waals surface area (Å²) in [5, 5.41) is 0.962. The van der Waals surface area contributed by atoms with Crippen LogP contribution in [0.3, 0.4) is 0 Å². The van der Waals surface area contributed by atoms with Crippen LogP contribution in [0.25, 0.3) is 0 Å². The molecule has 4 heteroatoms. The van der Waals surface area contributed by atoms with Crippen LogP contribution in [0.4, 0.5) is 0 Å². The van der Waals surface area contributed by atoms with Gasteiger partial charge in [-0.3, -0.25) is 4.98 Å². The average molecular weight is 328 g/mol. The van der Waals surface area contributed by atoms with Crippen LogP contribution < -0.4 is 4.74 Å². The van der Waals surface area contributed by atoms with Crippen LogP contribution in [0.5, 0.6) is 5.75 Å². The molecule has 0 aromatic carbocycles. The van der Waals surface area contributed by atoms with Crippen molar-refractivity contribution in [2.45, 2.75) is 33.1 Å². The number of pyridine rings is 1. The molecule has 1 aliphatic heterocycles. The van der Waals surface area contributed by atoms with Gasteiger partial charge in [0.05, 0.1) is 12.3 Å². The number of nitrogens with zero attached hydrogens (tertiary/aromatic N) is 1. The molecular formula is C15H22BrNO2. The fourth-order valence-corrected chi connectivity index (χ4v) is 3.06. The van der Waals surface area contributed by atoms with Gasteiger partial charge in [0.25, 0.3) is 0 Å². The van der Waals surface area contributed by atoms with Gasteiger partial charge in [0.15, 0.2) is 0 Å². The third kappa shape index (κ3) is 3.69. The zero-order valence-corrected chi connectivity index (χ0v) is 13.3. The molecule has 0 amide bonds. The predicted octanol–water partition coefficient (Wildman–Crippen LogP) is 3.52. The number of ether oxygens (including phenoxy) is 2. The summed E-state index contributed by atoms with van der Waals surface area (Å²) < 4.78 is 11.5. The van der Waals surface area contributed by atoms with Crippen LogP contribution in [0.2, 0.25) is 0 Å². The highest BCUT2D eigenvalue weighted by Gasteiger charge is 2.32. The Balaban J connectivity index is 2.04. The predicted molar refractivity (Wildman–Crippen MR) is 80.1 cm³/mol. The summed E-state index contributed by atoms with van der Waals surface area (Å²) in [7, 11) is 0. The second kappa shape index (κ2) is 6.71. The Hall–Kier alpha value is -0.610. The lowest BCUT2D eigenvalue weighted by Gasteiger charge is -2.35. The Labute approximate surface area is 123 Å². The van der Waals surface area contributed by atoms with Crippen molar-refractivity contribution in [3.63, 3.8) is 0 Å². The molecule has 0 aliphatic carbocycles. The zero-order chi connectivity index (χ0) is 13.7. The standard InChI is InChI=1S/C15H22BrNO2/c1-3-13-14(5-4-12(2)17-13)19-11-15(10-16)6-8-18-9-7-15/h4-5H,3,6-11H2,1-2H3. The van der Waals surface area contributed by atoms with E-state index in [0.29, 0.717) is 0 Å². The van der Waals surface area contributed by atoms with Crippen molar-refractivity contribution < 1.29 is 9.47 Å². The summed E-state index contributed by atoms with van der Waals surface area (Å²) in [6.07, 6.45) is 3.01. The van der Waals surface area contributed by atoms with Gasteiger partial charge >= 0.3 is 0 Å². The quantitative estimate of drug-likeness (QED) is 0.775. The van der Waals surface area contributed by atoms with E-state index in [1.807, 2.05) is 19.1 Å². The van der Waals surface area contributed by atoms with Crippen molar-refractivity contribution in [3.8, 4) is 5.75 Å². The second-order valence-corrected chi connectivity index (χ2v) is 5.85. The molecule has 106 valence electrons. The Morgan fingerprint density at radius 2 is 2.11 bits per heavy atom. The third-order valence-electron chi connectivity index (χ3n) is 3.78. The molecule has 1 aromatic heterocycles. The first-order chi connectivity index (χ1) is 9.19. The summed E-state index contributed by atoms with van der Waals surface area (Å²) in [5.74, 6) is 0.930. The van der Waals surface area contributed by atoms with Gasteiger partial charge < -0.3 is 9.47 Å². The van der Waals surface area contributed by atoms with Gasteiger partial charge in [0.1, 0.15) is 5.75 Å². The molecule has 1 aliphatic rings. The van der Waals surface area contributed by atoms with Crippen LogP contribution >= 0.6 is 15.9 Å². The van der Waals surface area contributed by atoms with Gasteiger partial charge in [-0.1, -0.05) is 22.9 Å². The van der Waals surface area contributed by atoms with E-state index in [9.17, 15) is 0 Å². The van der Waals surface area contributed by atoms with Gasteiger partial charge in [-0.25, -0.2) is 0 Å². The minimum Gasteiger partial charge on any atom is -0.491 e. The Bertz CT molecular complexity index is 417. The lowest BCUT2D eigenvalue weighted by molar-refractivity contribution is 0.00331. The van der Waals surface area contributed by atoms with Gasteiger partial charge in [-0.05, 0) is 38.3 Å². The Morgan fingerprint density at radius 1 is 1.37 bits per heavy atom.